The summed E-state index contributed by atoms with van der Waals surface area (Å²) < 4.78 is 35.2. The minimum absolute atomic E-state index is 0. The van der Waals surface area contributed by atoms with Gasteiger partial charge in [0.1, 0.15) is 5.75 Å². The molecule has 2 rings (SSSR count). The number of ether oxygens (including phenoxy) is 2. The molecule has 5 nitrogen and oxygen atoms in total. The Morgan fingerprint density at radius 1 is 1.30 bits per heavy atom. The number of aryl methyl sites for hydroxylation is 1. The fraction of sp³-hybridized carbons (Fsp3) is 0.632. The van der Waals surface area contributed by atoms with E-state index in [0.717, 1.165) is 31.7 Å². The van der Waals surface area contributed by atoms with Gasteiger partial charge in [0.05, 0.1) is 0 Å². The summed E-state index contributed by atoms with van der Waals surface area (Å²) in [5.74, 6) is 0.834. The first kappa shape index (κ1) is 23.9. The molecule has 0 unspecified atom stereocenters. The summed E-state index contributed by atoms with van der Waals surface area (Å²) >= 11 is 0. The minimum atomic E-state index is -2.84. The fourth-order valence-corrected chi connectivity index (χ4v) is 2.85. The highest BCUT2D eigenvalue weighted by Gasteiger charge is 2.41. The molecule has 8 heteroatoms. The first-order chi connectivity index (χ1) is 12.5. The van der Waals surface area contributed by atoms with Crippen LogP contribution in [-0.2, 0) is 11.3 Å². The summed E-state index contributed by atoms with van der Waals surface area (Å²) in [6.07, 6.45) is 3.41. The van der Waals surface area contributed by atoms with E-state index >= 15 is 0 Å². The van der Waals surface area contributed by atoms with E-state index in [4.69, 9.17) is 4.74 Å². The molecule has 0 saturated heterocycles. The number of hydrogen-bond acceptors (Lipinski definition) is 3. The van der Waals surface area contributed by atoms with Crippen LogP contribution in [0.3, 0.4) is 0 Å². The summed E-state index contributed by atoms with van der Waals surface area (Å²) in [5.41, 5.74) is 1.95. The molecule has 0 heterocycles. The molecule has 1 aromatic rings. The Bertz CT molecular complexity index is 611. The van der Waals surface area contributed by atoms with E-state index in [1.165, 1.54) is 12.8 Å². The van der Waals surface area contributed by atoms with Crippen molar-refractivity contribution in [3.8, 4) is 5.75 Å². The van der Waals surface area contributed by atoms with Crippen LogP contribution in [0.1, 0.15) is 37.3 Å². The van der Waals surface area contributed by atoms with Gasteiger partial charge in [-0.1, -0.05) is 17.7 Å². The van der Waals surface area contributed by atoms with Crippen LogP contribution in [0.15, 0.2) is 23.2 Å². The van der Waals surface area contributed by atoms with Gasteiger partial charge in [-0.15, -0.1) is 24.0 Å². The van der Waals surface area contributed by atoms with Crippen LogP contribution in [0, 0.1) is 12.3 Å². The predicted octanol–water partition coefficient (Wildman–Crippen LogP) is 4.09. The zero-order valence-electron chi connectivity index (χ0n) is 16.2. The molecule has 154 valence electrons. The monoisotopic (exact) mass is 497 g/mol. The largest absolute Gasteiger partial charge is 0.434 e. The van der Waals surface area contributed by atoms with E-state index in [9.17, 15) is 8.78 Å². The maximum atomic E-state index is 12.6. The molecule has 0 radical (unpaired) electrons. The van der Waals surface area contributed by atoms with Crippen molar-refractivity contribution in [2.45, 2.75) is 46.3 Å². The van der Waals surface area contributed by atoms with Crippen LogP contribution in [0.5, 0.6) is 5.75 Å². The average Bonchev–Trinajstić information content (AvgIpc) is 3.37. The van der Waals surface area contributed by atoms with Gasteiger partial charge in [-0.3, -0.25) is 4.99 Å². The molecule has 1 fully saturated rings. The topological polar surface area (TPSA) is 54.9 Å². The Labute approximate surface area is 177 Å². The first-order valence-electron chi connectivity index (χ1n) is 9.04. The van der Waals surface area contributed by atoms with Crippen LogP contribution in [-0.4, -0.2) is 39.4 Å². The third-order valence-electron chi connectivity index (χ3n) is 4.67. The maximum Gasteiger partial charge on any atom is 0.387 e. The highest BCUT2D eigenvalue weighted by molar-refractivity contribution is 14.0. The molecular formula is C19H30F2IN3O2. The molecule has 27 heavy (non-hydrogen) atoms. The van der Waals surface area contributed by atoms with Gasteiger partial charge in [-0.25, -0.2) is 0 Å². The fourth-order valence-electron chi connectivity index (χ4n) is 2.85. The van der Waals surface area contributed by atoms with Gasteiger partial charge in [-0.05, 0) is 44.6 Å². The molecule has 0 aromatic heterocycles. The zero-order valence-corrected chi connectivity index (χ0v) is 18.5. The van der Waals surface area contributed by atoms with Gasteiger partial charge >= 0.3 is 6.61 Å². The third kappa shape index (κ3) is 8.16. The summed E-state index contributed by atoms with van der Waals surface area (Å²) in [5, 5.41) is 6.52. The summed E-state index contributed by atoms with van der Waals surface area (Å²) in [7, 11) is 1.70. The Kier molecular flexibility index (Phi) is 10.3. The lowest BCUT2D eigenvalue weighted by molar-refractivity contribution is -0.0504. The molecule has 1 aliphatic carbocycles. The normalized spacial score (nSPS) is 15.3. The molecule has 0 atom stereocenters. The molecule has 0 aliphatic heterocycles. The number of benzene rings is 1. The molecule has 0 bridgehead atoms. The Morgan fingerprint density at radius 2 is 2.04 bits per heavy atom. The van der Waals surface area contributed by atoms with Gasteiger partial charge in [0.25, 0.3) is 0 Å². The molecule has 1 aliphatic rings. The van der Waals surface area contributed by atoms with E-state index in [1.54, 1.807) is 19.2 Å². The van der Waals surface area contributed by atoms with Crippen molar-refractivity contribution < 1.29 is 18.3 Å². The molecule has 1 aromatic carbocycles. The van der Waals surface area contributed by atoms with Crippen molar-refractivity contribution in [1.29, 1.82) is 0 Å². The van der Waals surface area contributed by atoms with Crippen molar-refractivity contribution >= 4 is 29.9 Å². The second kappa shape index (κ2) is 11.6. The van der Waals surface area contributed by atoms with E-state index in [0.29, 0.717) is 23.5 Å². The van der Waals surface area contributed by atoms with Crippen LogP contribution < -0.4 is 15.4 Å². The summed E-state index contributed by atoms with van der Waals surface area (Å²) in [6, 6.07) is 5.16. The van der Waals surface area contributed by atoms with Gasteiger partial charge in [0, 0.05) is 38.9 Å². The van der Waals surface area contributed by atoms with Crippen LogP contribution in [0.25, 0.3) is 0 Å². The molecule has 0 amide bonds. The lowest BCUT2D eigenvalue weighted by Gasteiger charge is -2.19. The van der Waals surface area contributed by atoms with Gasteiger partial charge in [0.15, 0.2) is 5.96 Å². The van der Waals surface area contributed by atoms with Crippen molar-refractivity contribution in [3.63, 3.8) is 0 Å². The van der Waals surface area contributed by atoms with Crippen molar-refractivity contribution in [1.82, 2.24) is 10.6 Å². The van der Waals surface area contributed by atoms with Crippen molar-refractivity contribution in [2.75, 3.05) is 26.8 Å². The van der Waals surface area contributed by atoms with E-state index in [-0.39, 0.29) is 29.7 Å². The smallest absolute Gasteiger partial charge is 0.387 e. The highest BCUT2D eigenvalue weighted by atomic mass is 127. The highest BCUT2D eigenvalue weighted by Crippen LogP contribution is 2.48. The zero-order chi connectivity index (χ0) is 19.0. The van der Waals surface area contributed by atoms with E-state index < -0.39 is 6.61 Å². The Balaban J connectivity index is 0.00000364. The number of halogens is 3. The standard InChI is InChI=1S/C19H29F2N3O2.HI/c1-4-25-10-9-19(7-8-19)13-24-18(22-3)23-12-15-11-14(2)5-6-16(15)26-17(20)21;/h5-6,11,17H,4,7-10,12-13H2,1-3H3,(H2,22,23,24);1H. The molecular weight excluding hydrogens is 467 g/mol. The summed E-state index contributed by atoms with van der Waals surface area (Å²) in [4.78, 5) is 4.22. The van der Waals surface area contributed by atoms with Gasteiger partial charge in [-0.2, -0.15) is 8.78 Å². The molecule has 0 spiro atoms. The second-order valence-corrected chi connectivity index (χ2v) is 6.72. The summed E-state index contributed by atoms with van der Waals surface area (Å²) in [6.45, 7) is 3.78. The van der Waals surface area contributed by atoms with Crippen LogP contribution in [0.4, 0.5) is 8.78 Å². The SMILES string of the molecule is CCOCCC1(CNC(=NC)NCc2cc(C)ccc2OC(F)F)CC1.I. The number of nitrogens with one attached hydrogen (secondary N) is 2. The van der Waals surface area contributed by atoms with Gasteiger partial charge < -0.3 is 20.1 Å². The van der Waals surface area contributed by atoms with Gasteiger partial charge in [0.2, 0.25) is 0 Å². The quantitative estimate of drug-likeness (QED) is 0.222. The lowest BCUT2D eigenvalue weighted by Crippen LogP contribution is -2.40. The van der Waals surface area contributed by atoms with Crippen molar-refractivity contribution in [3.05, 3.63) is 29.3 Å². The Morgan fingerprint density at radius 3 is 2.63 bits per heavy atom. The number of guanidine groups is 1. The predicted molar refractivity (Wildman–Crippen MR) is 114 cm³/mol. The van der Waals surface area contributed by atoms with Crippen LogP contribution in [0.2, 0.25) is 0 Å². The maximum absolute atomic E-state index is 12.6. The average molecular weight is 497 g/mol. The third-order valence-corrected chi connectivity index (χ3v) is 4.67. The number of nitrogens with zero attached hydrogens (tertiary/aromatic N) is 1. The first-order valence-corrected chi connectivity index (χ1v) is 9.04. The van der Waals surface area contributed by atoms with E-state index in [1.807, 2.05) is 19.9 Å². The van der Waals surface area contributed by atoms with Crippen molar-refractivity contribution in [2.24, 2.45) is 10.4 Å². The number of aliphatic imine (C=N–C) groups is 1. The lowest BCUT2D eigenvalue weighted by atomic mass is 10.0. The second-order valence-electron chi connectivity index (χ2n) is 6.72. The number of rotatable bonds is 10. The number of alkyl halides is 2. The minimum Gasteiger partial charge on any atom is -0.434 e. The Hall–Kier alpha value is -1.16. The van der Waals surface area contributed by atoms with Crippen LogP contribution >= 0.6 is 24.0 Å². The molecule has 1 saturated carbocycles. The number of hydrogen-bond donors (Lipinski definition) is 2. The molecule has 2 N–H and O–H groups in total. The van der Waals surface area contributed by atoms with E-state index in [2.05, 4.69) is 20.4 Å².